The third-order valence-corrected chi connectivity index (χ3v) is 3.33. The Balaban J connectivity index is 2.65. The number of nitrogens with zero attached hydrogens (tertiary/aromatic N) is 2. The van der Waals surface area contributed by atoms with E-state index in [9.17, 15) is 0 Å². The van der Waals surface area contributed by atoms with Gasteiger partial charge in [0, 0.05) is 30.3 Å². The van der Waals surface area contributed by atoms with Gasteiger partial charge in [-0.1, -0.05) is 0 Å². The second-order valence-corrected chi connectivity index (χ2v) is 4.31. The van der Waals surface area contributed by atoms with Crippen LogP contribution in [0.5, 0.6) is 11.5 Å². The van der Waals surface area contributed by atoms with Gasteiger partial charge in [-0.3, -0.25) is 4.68 Å². The maximum absolute atomic E-state index is 5.79. The lowest BCUT2D eigenvalue weighted by atomic mass is 10.0. The Morgan fingerprint density at radius 3 is 2.53 bits per heavy atom. The molecule has 0 atom stereocenters. The second kappa shape index (κ2) is 5.32. The summed E-state index contributed by atoms with van der Waals surface area (Å²) in [5.74, 6) is 1.60. The average Bonchev–Trinajstić information content (AvgIpc) is 2.79. The molecule has 0 fully saturated rings. The molecule has 1 heterocycles. The van der Waals surface area contributed by atoms with Crippen molar-refractivity contribution < 1.29 is 9.47 Å². The normalized spacial score (nSPS) is 10.6. The van der Waals surface area contributed by atoms with Crippen molar-refractivity contribution in [2.45, 2.75) is 13.5 Å². The molecule has 2 aromatic rings. The Labute approximate surface area is 112 Å². The number of ether oxygens (including phenoxy) is 2. The molecule has 0 unspecified atom stereocenters. The summed E-state index contributed by atoms with van der Waals surface area (Å²) < 4.78 is 12.6. The Morgan fingerprint density at radius 2 is 1.95 bits per heavy atom. The highest BCUT2D eigenvalue weighted by atomic mass is 16.5. The lowest BCUT2D eigenvalue weighted by Gasteiger charge is -2.14. The van der Waals surface area contributed by atoms with Gasteiger partial charge in [0.05, 0.1) is 26.1 Å². The van der Waals surface area contributed by atoms with E-state index in [0.29, 0.717) is 6.54 Å². The lowest BCUT2D eigenvalue weighted by molar-refractivity contribution is 0.390. The van der Waals surface area contributed by atoms with E-state index in [0.717, 1.165) is 33.9 Å². The van der Waals surface area contributed by atoms with Crippen LogP contribution < -0.4 is 15.2 Å². The number of nitrogens with two attached hydrogens (primary N) is 1. The minimum absolute atomic E-state index is 0.431. The molecule has 2 rings (SSSR count). The van der Waals surface area contributed by atoms with Gasteiger partial charge in [0.1, 0.15) is 11.5 Å². The van der Waals surface area contributed by atoms with E-state index in [1.54, 1.807) is 18.9 Å². The van der Waals surface area contributed by atoms with Crippen LogP contribution in [0.3, 0.4) is 0 Å². The standard InChI is InChI=1S/C14H19N3O2/c1-9-13(18-3)6-5-10(14(9)19-4)11-8-16-17(2)12(11)7-15/h5-6,8H,7,15H2,1-4H3. The van der Waals surface area contributed by atoms with Crippen molar-refractivity contribution in [2.75, 3.05) is 14.2 Å². The first-order valence-corrected chi connectivity index (χ1v) is 6.06. The molecule has 5 heteroatoms. The highest BCUT2D eigenvalue weighted by Crippen LogP contribution is 2.38. The van der Waals surface area contributed by atoms with Gasteiger partial charge < -0.3 is 15.2 Å². The fourth-order valence-electron chi connectivity index (χ4n) is 2.30. The maximum Gasteiger partial charge on any atom is 0.133 e. The summed E-state index contributed by atoms with van der Waals surface area (Å²) in [5.41, 5.74) is 9.71. The molecule has 1 aromatic carbocycles. The molecule has 0 saturated heterocycles. The zero-order valence-electron chi connectivity index (χ0n) is 11.7. The molecule has 102 valence electrons. The zero-order valence-corrected chi connectivity index (χ0v) is 11.7. The summed E-state index contributed by atoms with van der Waals surface area (Å²) in [5, 5.41) is 4.26. The van der Waals surface area contributed by atoms with Crippen LogP contribution in [0.15, 0.2) is 18.3 Å². The lowest BCUT2D eigenvalue weighted by Crippen LogP contribution is -2.06. The number of methoxy groups -OCH3 is 2. The number of aryl methyl sites for hydroxylation is 1. The Hall–Kier alpha value is -2.01. The van der Waals surface area contributed by atoms with Crippen LogP contribution in [0.4, 0.5) is 0 Å². The fraction of sp³-hybridized carbons (Fsp3) is 0.357. The van der Waals surface area contributed by atoms with Gasteiger partial charge in [0.15, 0.2) is 0 Å². The number of benzene rings is 1. The molecule has 1 aromatic heterocycles. The molecule has 0 amide bonds. The second-order valence-electron chi connectivity index (χ2n) is 4.31. The van der Waals surface area contributed by atoms with Crippen LogP contribution in [0.1, 0.15) is 11.3 Å². The smallest absolute Gasteiger partial charge is 0.133 e. The molecule has 0 aliphatic carbocycles. The van der Waals surface area contributed by atoms with Gasteiger partial charge in [-0.15, -0.1) is 0 Å². The summed E-state index contributed by atoms with van der Waals surface area (Å²) in [7, 11) is 5.19. The largest absolute Gasteiger partial charge is 0.496 e. The van der Waals surface area contributed by atoms with Crippen molar-refractivity contribution in [1.29, 1.82) is 0 Å². The molecule has 0 radical (unpaired) electrons. The van der Waals surface area contributed by atoms with Gasteiger partial charge in [-0.25, -0.2) is 0 Å². The summed E-state index contributed by atoms with van der Waals surface area (Å²) in [6.07, 6.45) is 1.81. The molecule has 5 nitrogen and oxygen atoms in total. The summed E-state index contributed by atoms with van der Waals surface area (Å²) in [6.45, 7) is 2.40. The van der Waals surface area contributed by atoms with E-state index in [1.807, 2.05) is 32.3 Å². The van der Waals surface area contributed by atoms with Crippen molar-refractivity contribution in [3.63, 3.8) is 0 Å². The Morgan fingerprint density at radius 1 is 1.21 bits per heavy atom. The third kappa shape index (κ3) is 2.17. The topological polar surface area (TPSA) is 62.3 Å². The van der Waals surface area contributed by atoms with E-state index >= 15 is 0 Å². The molecule has 2 N–H and O–H groups in total. The van der Waals surface area contributed by atoms with Crippen molar-refractivity contribution in [3.8, 4) is 22.6 Å². The molecule has 0 spiro atoms. The van der Waals surface area contributed by atoms with E-state index < -0.39 is 0 Å². The SMILES string of the molecule is COc1ccc(-c2cnn(C)c2CN)c(OC)c1C. The molecule has 19 heavy (non-hydrogen) atoms. The molecule has 0 saturated carbocycles. The molecular formula is C14H19N3O2. The predicted octanol–water partition coefficient (Wildman–Crippen LogP) is 1.87. The average molecular weight is 261 g/mol. The molecule has 0 bridgehead atoms. The Bertz CT molecular complexity index is 591. The first-order valence-electron chi connectivity index (χ1n) is 6.06. The van der Waals surface area contributed by atoms with E-state index in [1.165, 1.54) is 0 Å². The van der Waals surface area contributed by atoms with Crippen LogP contribution in [-0.4, -0.2) is 24.0 Å². The van der Waals surface area contributed by atoms with Crippen molar-refractivity contribution in [1.82, 2.24) is 9.78 Å². The minimum Gasteiger partial charge on any atom is -0.496 e. The number of hydrogen-bond donors (Lipinski definition) is 1. The van der Waals surface area contributed by atoms with Gasteiger partial charge >= 0.3 is 0 Å². The van der Waals surface area contributed by atoms with E-state index in [-0.39, 0.29) is 0 Å². The third-order valence-electron chi connectivity index (χ3n) is 3.33. The quantitative estimate of drug-likeness (QED) is 0.912. The number of hydrogen-bond acceptors (Lipinski definition) is 4. The highest BCUT2D eigenvalue weighted by Gasteiger charge is 2.17. The van der Waals surface area contributed by atoms with Gasteiger partial charge in [-0.05, 0) is 19.1 Å². The van der Waals surface area contributed by atoms with Crippen LogP contribution >= 0.6 is 0 Å². The maximum atomic E-state index is 5.79. The zero-order chi connectivity index (χ0) is 14.0. The Kier molecular flexibility index (Phi) is 3.76. The van der Waals surface area contributed by atoms with Crippen LogP contribution in [-0.2, 0) is 13.6 Å². The first kappa shape index (κ1) is 13.4. The van der Waals surface area contributed by atoms with Crippen molar-refractivity contribution in [3.05, 3.63) is 29.6 Å². The van der Waals surface area contributed by atoms with Crippen molar-refractivity contribution in [2.24, 2.45) is 12.8 Å². The van der Waals surface area contributed by atoms with Crippen molar-refractivity contribution >= 4 is 0 Å². The monoisotopic (exact) mass is 261 g/mol. The highest BCUT2D eigenvalue weighted by molar-refractivity contribution is 5.75. The van der Waals surface area contributed by atoms with Crippen LogP contribution in [0.2, 0.25) is 0 Å². The van der Waals surface area contributed by atoms with E-state index in [4.69, 9.17) is 15.2 Å². The van der Waals surface area contributed by atoms with Gasteiger partial charge in [0.25, 0.3) is 0 Å². The van der Waals surface area contributed by atoms with Crippen LogP contribution in [0.25, 0.3) is 11.1 Å². The minimum atomic E-state index is 0.431. The fourth-order valence-corrected chi connectivity index (χ4v) is 2.30. The molecule has 0 aliphatic heterocycles. The summed E-state index contributed by atoms with van der Waals surface area (Å²) in [4.78, 5) is 0. The predicted molar refractivity (Wildman–Crippen MR) is 74.4 cm³/mol. The first-order chi connectivity index (χ1) is 9.13. The van der Waals surface area contributed by atoms with Gasteiger partial charge in [0.2, 0.25) is 0 Å². The number of aromatic nitrogens is 2. The molecule has 0 aliphatic rings. The van der Waals surface area contributed by atoms with E-state index in [2.05, 4.69) is 5.10 Å². The van der Waals surface area contributed by atoms with Crippen LogP contribution in [0, 0.1) is 6.92 Å². The molecular weight excluding hydrogens is 242 g/mol. The summed E-state index contributed by atoms with van der Waals surface area (Å²) in [6, 6.07) is 3.90. The summed E-state index contributed by atoms with van der Waals surface area (Å²) >= 11 is 0. The number of rotatable bonds is 4. The van der Waals surface area contributed by atoms with Gasteiger partial charge in [-0.2, -0.15) is 5.10 Å².